The highest BCUT2D eigenvalue weighted by Gasteiger charge is 2.17. The van der Waals surface area contributed by atoms with Gasteiger partial charge in [-0.2, -0.15) is 0 Å². The predicted molar refractivity (Wildman–Crippen MR) is 109 cm³/mol. The number of benzene rings is 1. The van der Waals surface area contributed by atoms with Crippen LogP contribution in [0.5, 0.6) is 0 Å². The maximum atomic E-state index is 12.1. The van der Waals surface area contributed by atoms with Crippen LogP contribution in [0.3, 0.4) is 0 Å². The molecule has 2 rings (SSSR count). The van der Waals surface area contributed by atoms with Crippen LogP contribution < -0.4 is 5.32 Å². The van der Waals surface area contributed by atoms with Crippen LogP contribution in [0, 0.1) is 0 Å². The summed E-state index contributed by atoms with van der Waals surface area (Å²) in [4.78, 5) is 12.1. The Balaban J connectivity index is 2.18. The van der Waals surface area contributed by atoms with Gasteiger partial charge in [0, 0.05) is 23.2 Å². The fraction of sp³-hybridized carbons (Fsp3) is 0.389. The quantitative estimate of drug-likeness (QED) is 0.472. The van der Waals surface area contributed by atoms with Gasteiger partial charge in [-0.1, -0.05) is 54.9 Å². The number of hydrogen-bond donors (Lipinski definition) is 1. The average Bonchev–Trinajstić information content (AvgIpc) is 3.01. The molecular weight excluding hydrogens is 391 g/mol. The lowest BCUT2D eigenvalue weighted by Gasteiger charge is -2.14. The Morgan fingerprint density at radius 1 is 1.35 bits per heavy atom. The Bertz CT molecular complexity index is 775. The van der Waals surface area contributed by atoms with Gasteiger partial charge in [-0.3, -0.25) is 9.36 Å². The van der Waals surface area contributed by atoms with Crippen LogP contribution >= 0.6 is 35.0 Å². The fourth-order valence-electron chi connectivity index (χ4n) is 2.45. The second-order valence-electron chi connectivity index (χ2n) is 5.70. The van der Waals surface area contributed by atoms with E-state index in [9.17, 15) is 4.79 Å². The van der Waals surface area contributed by atoms with Crippen LogP contribution in [0.4, 0.5) is 0 Å². The van der Waals surface area contributed by atoms with Crippen molar-refractivity contribution in [3.8, 4) is 11.4 Å². The zero-order valence-electron chi connectivity index (χ0n) is 14.8. The second-order valence-corrected chi connectivity index (χ2v) is 7.49. The van der Waals surface area contributed by atoms with Crippen LogP contribution in [0.15, 0.2) is 36.0 Å². The number of carbonyl (C=O) groups excluding carboxylic acids is 1. The third kappa shape index (κ3) is 5.25. The summed E-state index contributed by atoms with van der Waals surface area (Å²) in [7, 11) is 0. The van der Waals surface area contributed by atoms with Gasteiger partial charge in [-0.05, 0) is 31.0 Å². The number of hydrogen-bond acceptors (Lipinski definition) is 4. The number of aromatic nitrogens is 3. The Hall–Kier alpha value is -1.50. The molecule has 8 heteroatoms. The number of nitrogens with one attached hydrogen (secondary N) is 1. The Morgan fingerprint density at radius 3 is 2.69 bits per heavy atom. The van der Waals surface area contributed by atoms with Crippen molar-refractivity contribution < 1.29 is 4.79 Å². The number of nitrogens with zero attached hydrogens (tertiary/aromatic N) is 3. The van der Waals surface area contributed by atoms with Crippen molar-refractivity contribution >= 4 is 40.9 Å². The molecule has 1 heterocycles. The normalized spacial score (nSPS) is 11.0. The molecule has 1 amide bonds. The highest BCUT2D eigenvalue weighted by atomic mass is 35.5. The summed E-state index contributed by atoms with van der Waals surface area (Å²) in [5.74, 6) is 0.887. The predicted octanol–water partition coefficient (Wildman–Crippen LogP) is 4.83. The van der Waals surface area contributed by atoms with Gasteiger partial charge in [0.25, 0.3) is 0 Å². The van der Waals surface area contributed by atoms with Crippen molar-refractivity contribution in [2.45, 2.75) is 44.4 Å². The Morgan fingerprint density at radius 2 is 2.08 bits per heavy atom. The minimum absolute atomic E-state index is 0.0112. The Kier molecular flexibility index (Phi) is 8.00. The summed E-state index contributed by atoms with van der Waals surface area (Å²) in [6.45, 7) is 8.42. The smallest absolute Gasteiger partial charge is 0.230 e. The third-order valence-corrected chi connectivity index (χ3v) is 5.40. The highest BCUT2D eigenvalue weighted by Crippen LogP contribution is 2.31. The summed E-state index contributed by atoms with van der Waals surface area (Å²) >= 11 is 13.6. The second kappa shape index (κ2) is 10.00. The first-order chi connectivity index (χ1) is 12.5. The van der Waals surface area contributed by atoms with E-state index < -0.39 is 0 Å². The topological polar surface area (TPSA) is 59.8 Å². The van der Waals surface area contributed by atoms with Gasteiger partial charge in [0.2, 0.25) is 5.91 Å². The maximum absolute atomic E-state index is 12.1. The van der Waals surface area contributed by atoms with Gasteiger partial charge >= 0.3 is 0 Å². The number of allylic oxidation sites excluding steroid dienone is 1. The molecule has 1 aromatic carbocycles. The van der Waals surface area contributed by atoms with Crippen molar-refractivity contribution in [2.24, 2.45) is 0 Å². The van der Waals surface area contributed by atoms with E-state index in [0.717, 1.165) is 18.4 Å². The molecule has 2 aromatic rings. The molecule has 26 heavy (non-hydrogen) atoms. The number of amides is 1. The van der Waals surface area contributed by atoms with Crippen molar-refractivity contribution in [1.29, 1.82) is 0 Å². The van der Waals surface area contributed by atoms with Crippen LogP contribution in [-0.2, 0) is 11.3 Å². The number of thioether (sulfide) groups is 1. The van der Waals surface area contributed by atoms with E-state index in [1.807, 2.05) is 10.6 Å². The molecule has 0 saturated carbocycles. The lowest BCUT2D eigenvalue weighted by atomic mass is 10.2. The number of halogens is 2. The van der Waals surface area contributed by atoms with Crippen LogP contribution in [0.2, 0.25) is 10.0 Å². The first-order valence-electron chi connectivity index (χ1n) is 8.41. The average molecular weight is 413 g/mol. The zero-order chi connectivity index (χ0) is 19.1. The van der Waals surface area contributed by atoms with Gasteiger partial charge in [0.05, 0.1) is 10.8 Å². The summed E-state index contributed by atoms with van der Waals surface area (Å²) in [5.41, 5.74) is 0.735. The molecule has 0 fully saturated rings. The van der Waals surface area contributed by atoms with Crippen molar-refractivity contribution in [3.05, 3.63) is 40.9 Å². The minimum Gasteiger partial charge on any atom is -0.353 e. The molecule has 0 aliphatic carbocycles. The van der Waals surface area contributed by atoms with Crippen LogP contribution in [-0.4, -0.2) is 32.5 Å². The monoisotopic (exact) mass is 412 g/mol. The summed E-state index contributed by atoms with van der Waals surface area (Å²) in [6, 6.07) is 5.44. The van der Waals surface area contributed by atoms with E-state index in [-0.39, 0.29) is 17.7 Å². The summed E-state index contributed by atoms with van der Waals surface area (Å²) in [5, 5.41) is 13.2. The van der Waals surface area contributed by atoms with E-state index in [4.69, 9.17) is 23.2 Å². The Labute approximate surface area is 168 Å². The van der Waals surface area contributed by atoms with Gasteiger partial charge in [-0.25, -0.2) is 0 Å². The van der Waals surface area contributed by atoms with Gasteiger partial charge < -0.3 is 5.32 Å². The molecular formula is C18H22Cl2N4OS. The van der Waals surface area contributed by atoms with E-state index >= 15 is 0 Å². The lowest BCUT2D eigenvalue weighted by molar-refractivity contribution is -0.119. The molecule has 0 spiro atoms. The van der Waals surface area contributed by atoms with Crippen molar-refractivity contribution in [1.82, 2.24) is 20.1 Å². The molecule has 0 radical (unpaired) electrons. The zero-order valence-corrected chi connectivity index (χ0v) is 17.2. The molecule has 5 nitrogen and oxygen atoms in total. The third-order valence-electron chi connectivity index (χ3n) is 3.88. The minimum atomic E-state index is -0.0112. The standard InChI is InChI=1S/C18H22Cl2N4OS/c1-4-9-24-17(14-8-7-12(19)10-15(14)20)22-23-18(24)26-11-16(25)21-13(5-2)6-3/h4,7-8,10,13H,1,5-6,9,11H2,2-3H3,(H,21,25). The van der Waals surface area contributed by atoms with E-state index in [0.29, 0.717) is 27.6 Å². The highest BCUT2D eigenvalue weighted by molar-refractivity contribution is 7.99. The SMILES string of the molecule is C=CCn1c(SCC(=O)NC(CC)CC)nnc1-c1ccc(Cl)cc1Cl. The van der Waals surface area contributed by atoms with E-state index in [1.54, 1.807) is 18.2 Å². The molecule has 1 aromatic heterocycles. The van der Waals surface area contributed by atoms with Crippen molar-refractivity contribution in [2.75, 3.05) is 5.75 Å². The largest absolute Gasteiger partial charge is 0.353 e. The van der Waals surface area contributed by atoms with Gasteiger partial charge in [0.1, 0.15) is 0 Å². The molecule has 0 aliphatic rings. The first kappa shape index (κ1) is 20.8. The van der Waals surface area contributed by atoms with E-state index in [2.05, 4.69) is 35.9 Å². The molecule has 0 unspecified atom stereocenters. The van der Waals surface area contributed by atoms with Gasteiger partial charge in [-0.15, -0.1) is 16.8 Å². The summed E-state index contributed by atoms with van der Waals surface area (Å²) < 4.78 is 1.89. The molecule has 0 atom stereocenters. The molecule has 140 valence electrons. The van der Waals surface area contributed by atoms with Crippen LogP contribution in [0.1, 0.15) is 26.7 Å². The molecule has 1 N–H and O–H groups in total. The number of carbonyl (C=O) groups is 1. The summed E-state index contributed by atoms with van der Waals surface area (Å²) in [6.07, 6.45) is 3.59. The van der Waals surface area contributed by atoms with Gasteiger partial charge in [0.15, 0.2) is 11.0 Å². The lowest BCUT2D eigenvalue weighted by Crippen LogP contribution is -2.35. The van der Waals surface area contributed by atoms with Crippen molar-refractivity contribution in [3.63, 3.8) is 0 Å². The van der Waals surface area contributed by atoms with Crippen LogP contribution in [0.25, 0.3) is 11.4 Å². The first-order valence-corrected chi connectivity index (χ1v) is 10.2. The molecule has 0 bridgehead atoms. The molecule has 0 saturated heterocycles. The molecule has 0 aliphatic heterocycles. The van der Waals surface area contributed by atoms with E-state index in [1.165, 1.54) is 11.8 Å². The maximum Gasteiger partial charge on any atom is 0.230 e. The fourth-order valence-corrected chi connectivity index (χ4v) is 3.70. The number of rotatable bonds is 9.